The fraction of sp³-hybridized carbons (Fsp3) is 0.250. The largest absolute Gasteiger partial charge is 0.292 e. The minimum absolute atomic E-state index is 0.0342. The molecule has 2 aromatic rings. The van der Waals surface area contributed by atoms with E-state index in [2.05, 4.69) is 18.1 Å². The Hall–Kier alpha value is -2.53. The first-order valence-corrected chi connectivity index (χ1v) is 9.12. The molecule has 0 fully saturated rings. The van der Waals surface area contributed by atoms with Crippen LogP contribution in [0.25, 0.3) is 10.2 Å². The molecule has 2 aromatic heterocycles. The van der Waals surface area contributed by atoms with Gasteiger partial charge in [-0.05, 0) is 31.2 Å². The van der Waals surface area contributed by atoms with E-state index in [4.69, 9.17) is 0 Å². The average Bonchev–Trinajstić information content (AvgIpc) is 3.00. The Kier molecular flexibility index (Phi) is 5.24. The van der Waals surface area contributed by atoms with Gasteiger partial charge in [0.05, 0.1) is 18.3 Å². The van der Waals surface area contributed by atoms with Gasteiger partial charge >= 0.3 is 0 Å². The van der Waals surface area contributed by atoms with E-state index in [9.17, 15) is 9.59 Å². The second-order valence-electron chi connectivity index (χ2n) is 5.94. The molecule has 1 aliphatic carbocycles. The number of carbonyl (C=O) groups is 1. The van der Waals surface area contributed by atoms with Crippen molar-refractivity contribution in [3.05, 3.63) is 76.2 Å². The van der Waals surface area contributed by atoms with Gasteiger partial charge in [-0.25, -0.2) is 4.98 Å². The average molecular weight is 352 g/mol. The van der Waals surface area contributed by atoms with Crippen molar-refractivity contribution in [1.29, 1.82) is 0 Å². The van der Waals surface area contributed by atoms with E-state index < -0.39 is 0 Å². The summed E-state index contributed by atoms with van der Waals surface area (Å²) in [7, 11) is 0. The molecule has 0 radical (unpaired) electrons. The van der Waals surface area contributed by atoms with Crippen molar-refractivity contribution < 1.29 is 4.79 Å². The maximum absolute atomic E-state index is 12.9. The number of hydrogen-bond acceptors (Lipinski definition) is 4. The second-order valence-corrected chi connectivity index (χ2v) is 7.03. The quantitative estimate of drug-likeness (QED) is 0.587. The van der Waals surface area contributed by atoms with E-state index in [1.807, 2.05) is 0 Å². The number of thiophene rings is 1. The van der Waals surface area contributed by atoms with Gasteiger partial charge in [0.15, 0.2) is 5.78 Å². The number of aryl methyl sites for hydroxylation is 2. The van der Waals surface area contributed by atoms with Crippen molar-refractivity contribution in [2.75, 3.05) is 0 Å². The van der Waals surface area contributed by atoms with Crippen molar-refractivity contribution in [3.63, 3.8) is 0 Å². The van der Waals surface area contributed by atoms with E-state index in [1.165, 1.54) is 15.8 Å². The Morgan fingerprint density at radius 3 is 2.84 bits per heavy atom. The zero-order chi connectivity index (χ0) is 17.8. The van der Waals surface area contributed by atoms with Crippen molar-refractivity contribution in [1.82, 2.24) is 9.55 Å². The molecule has 0 amide bonds. The Balaban J connectivity index is 1.98. The van der Waals surface area contributed by atoms with Crippen LogP contribution in [-0.4, -0.2) is 15.3 Å². The molecule has 5 heteroatoms. The molecule has 0 N–H and O–H groups in total. The Morgan fingerprint density at radius 2 is 2.08 bits per heavy atom. The summed E-state index contributed by atoms with van der Waals surface area (Å²) < 4.78 is 1.41. The van der Waals surface area contributed by atoms with Crippen LogP contribution in [0.2, 0.25) is 0 Å². The summed E-state index contributed by atoms with van der Waals surface area (Å²) in [6.45, 7) is 7.20. The lowest BCUT2D eigenvalue weighted by Gasteiger charge is -2.10. The van der Waals surface area contributed by atoms with Gasteiger partial charge < -0.3 is 0 Å². The topological polar surface area (TPSA) is 52.0 Å². The van der Waals surface area contributed by atoms with Crippen LogP contribution in [0.5, 0.6) is 0 Å². The molecular formula is C20H20N2O2S. The predicted molar refractivity (Wildman–Crippen MR) is 103 cm³/mol. The van der Waals surface area contributed by atoms with Crippen LogP contribution in [0.4, 0.5) is 0 Å². The third-order valence-corrected chi connectivity index (χ3v) is 5.49. The molecule has 3 rings (SSSR count). The van der Waals surface area contributed by atoms with Crippen LogP contribution in [0.3, 0.4) is 0 Å². The number of allylic oxidation sites excluding steroid dienone is 6. The lowest BCUT2D eigenvalue weighted by atomic mass is 9.97. The van der Waals surface area contributed by atoms with Gasteiger partial charge in [0, 0.05) is 10.5 Å². The van der Waals surface area contributed by atoms with Crippen LogP contribution >= 0.6 is 11.3 Å². The van der Waals surface area contributed by atoms with Gasteiger partial charge in [0.25, 0.3) is 5.56 Å². The van der Waals surface area contributed by atoms with Crippen LogP contribution in [0, 0.1) is 0 Å². The van der Waals surface area contributed by atoms with Crippen molar-refractivity contribution >= 4 is 27.3 Å². The van der Waals surface area contributed by atoms with Crippen molar-refractivity contribution in [2.45, 2.75) is 32.2 Å². The molecule has 128 valence electrons. The lowest BCUT2D eigenvalue weighted by molar-refractivity contribution is -0.115. The van der Waals surface area contributed by atoms with E-state index in [-0.39, 0.29) is 17.9 Å². The van der Waals surface area contributed by atoms with Crippen LogP contribution in [-0.2, 0) is 24.2 Å². The number of ketones is 1. The molecule has 0 aromatic carbocycles. The van der Waals surface area contributed by atoms with Crippen LogP contribution in [0.1, 0.15) is 23.3 Å². The fourth-order valence-electron chi connectivity index (χ4n) is 3.08. The van der Waals surface area contributed by atoms with Gasteiger partial charge in [0.1, 0.15) is 4.83 Å². The van der Waals surface area contributed by atoms with E-state index in [0.717, 1.165) is 36.1 Å². The molecule has 0 saturated heterocycles. The predicted octanol–water partition coefficient (Wildman–Crippen LogP) is 3.76. The second kappa shape index (κ2) is 7.57. The summed E-state index contributed by atoms with van der Waals surface area (Å²) in [5.41, 5.74) is 1.50. The zero-order valence-corrected chi connectivity index (χ0v) is 14.8. The highest BCUT2D eigenvalue weighted by atomic mass is 32.1. The van der Waals surface area contributed by atoms with Crippen LogP contribution < -0.4 is 5.56 Å². The van der Waals surface area contributed by atoms with Gasteiger partial charge in [-0.15, -0.1) is 11.3 Å². The number of hydrogen-bond donors (Lipinski definition) is 0. The van der Waals surface area contributed by atoms with E-state index >= 15 is 0 Å². The first-order chi connectivity index (χ1) is 12.2. The molecule has 0 bridgehead atoms. The van der Waals surface area contributed by atoms with Gasteiger partial charge in [-0.1, -0.05) is 43.5 Å². The molecule has 2 heterocycles. The first-order valence-electron chi connectivity index (χ1n) is 8.30. The molecule has 0 atom stereocenters. The minimum Gasteiger partial charge on any atom is -0.292 e. The standard InChI is InChI=1S/C20H20N2O2S/c1-3-5-9-14(8-4-2)16(23)12-22-13-21-19-18(20(22)24)15-10-6-7-11-17(15)25-19/h3-5,8-9,13H,1-2,6-7,10-12H2/b9-5-,14-8+. The molecule has 0 unspecified atom stereocenters. The summed E-state index contributed by atoms with van der Waals surface area (Å²) in [5.74, 6) is -0.162. The van der Waals surface area contributed by atoms with Gasteiger partial charge in [-0.2, -0.15) is 0 Å². The molecule has 0 aliphatic heterocycles. The summed E-state index contributed by atoms with van der Waals surface area (Å²) in [6.07, 6.45) is 13.8. The summed E-state index contributed by atoms with van der Waals surface area (Å²) in [4.78, 5) is 31.9. The smallest absolute Gasteiger partial charge is 0.262 e. The highest BCUT2D eigenvalue weighted by Crippen LogP contribution is 2.33. The number of Topliss-reactive ketones (excluding diaryl/α,β-unsaturated/α-hetero) is 1. The monoisotopic (exact) mass is 352 g/mol. The minimum atomic E-state index is -0.162. The highest BCUT2D eigenvalue weighted by Gasteiger charge is 2.20. The van der Waals surface area contributed by atoms with E-state index in [1.54, 1.807) is 41.7 Å². The first kappa shape index (κ1) is 17.3. The van der Waals surface area contributed by atoms with Gasteiger partial charge in [-0.3, -0.25) is 14.2 Å². The molecule has 0 saturated carbocycles. The molecule has 0 spiro atoms. The Labute approximate surface area is 150 Å². The fourth-order valence-corrected chi connectivity index (χ4v) is 4.30. The van der Waals surface area contributed by atoms with Crippen LogP contribution in [0.15, 0.2) is 60.2 Å². The third-order valence-electron chi connectivity index (χ3n) is 4.29. The van der Waals surface area contributed by atoms with Gasteiger partial charge in [0.2, 0.25) is 0 Å². The lowest BCUT2D eigenvalue weighted by Crippen LogP contribution is -2.25. The molecule has 1 aliphatic rings. The van der Waals surface area contributed by atoms with E-state index in [0.29, 0.717) is 11.0 Å². The zero-order valence-electron chi connectivity index (χ0n) is 14.0. The molecule has 25 heavy (non-hydrogen) atoms. The number of carbonyl (C=O) groups excluding carboxylic acids is 1. The normalized spacial score (nSPS) is 14.6. The maximum Gasteiger partial charge on any atom is 0.262 e. The van der Waals surface area contributed by atoms with Crippen molar-refractivity contribution in [3.8, 4) is 0 Å². The third kappa shape index (κ3) is 3.46. The molecule has 4 nitrogen and oxygen atoms in total. The summed E-state index contributed by atoms with van der Waals surface area (Å²) >= 11 is 1.61. The number of nitrogens with zero attached hydrogens (tertiary/aromatic N) is 2. The summed E-state index contributed by atoms with van der Waals surface area (Å²) in [5, 5.41) is 0.700. The molecular weight excluding hydrogens is 332 g/mol. The Bertz CT molecular complexity index is 960. The van der Waals surface area contributed by atoms with Crippen molar-refractivity contribution in [2.24, 2.45) is 0 Å². The number of fused-ring (bicyclic) bond motifs is 3. The number of rotatable bonds is 6. The maximum atomic E-state index is 12.9. The number of aromatic nitrogens is 2. The Morgan fingerprint density at radius 1 is 1.28 bits per heavy atom. The summed E-state index contributed by atoms with van der Waals surface area (Å²) in [6, 6.07) is 0. The SMILES string of the molecule is C=C/C=C\C(=C/C=C)C(=O)Cn1cnc2sc3c(c2c1=O)CCCC3. The highest BCUT2D eigenvalue weighted by molar-refractivity contribution is 7.18.